The zero-order valence-electron chi connectivity index (χ0n) is 10.2. The number of hydrogen-bond donors (Lipinski definition) is 2. The van der Waals surface area contributed by atoms with Crippen molar-refractivity contribution in [3.05, 3.63) is 21.3 Å². The number of carbonyl (C=O) groups excluding carboxylic acids is 1. The summed E-state index contributed by atoms with van der Waals surface area (Å²) in [5.74, 6) is 0. The van der Waals surface area contributed by atoms with Crippen LogP contribution in [0.1, 0.15) is 30.7 Å². The fourth-order valence-corrected chi connectivity index (χ4v) is 2.95. The molecule has 100 valence electrons. The Morgan fingerprint density at radius 3 is 3.11 bits per heavy atom. The van der Waals surface area contributed by atoms with Gasteiger partial charge in [-0.1, -0.05) is 11.6 Å². The number of ether oxygens (including phenoxy) is 1. The van der Waals surface area contributed by atoms with Gasteiger partial charge in [0, 0.05) is 18.0 Å². The first-order valence-corrected chi connectivity index (χ1v) is 7.26. The van der Waals surface area contributed by atoms with E-state index in [4.69, 9.17) is 16.3 Å². The molecular formula is C12H17ClN2O2S. The molecule has 0 radical (unpaired) electrons. The minimum absolute atomic E-state index is 0.0352. The van der Waals surface area contributed by atoms with Crippen LogP contribution in [-0.4, -0.2) is 25.3 Å². The summed E-state index contributed by atoms with van der Waals surface area (Å²) in [4.78, 5) is 12.7. The van der Waals surface area contributed by atoms with Gasteiger partial charge in [-0.3, -0.25) is 0 Å². The summed E-state index contributed by atoms with van der Waals surface area (Å²) in [6, 6.07) is 3.57. The number of nitrogens with one attached hydrogen (secondary N) is 2. The summed E-state index contributed by atoms with van der Waals surface area (Å²) < 4.78 is 6.17. The van der Waals surface area contributed by atoms with E-state index < -0.39 is 0 Å². The van der Waals surface area contributed by atoms with E-state index in [0.29, 0.717) is 6.54 Å². The Labute approximate surface area is 116 Å². The van der Waals surface area contributed by atoms with E-state index in [1.165, 1.54) is 11.3 Å². The molecule has 6 heteroatoms. The van der Waals surface area contributed by atoms with Gasteiger partial charge in [-0.15, -0.1) is 11.3 Å². The van der Waals surface area contributed by atoms with Crippen LogP contribution in [-0.2, 0) is 4.74 Å². The van der Waals surface area contributed by atoms with Gasteiger partial charge < -0.3 is 15.4 Å². The van der Waals surface area contributed by atoms with Crippen LogP contribution in [0, 0.1) is 0 Å². The summed E-state index contributed by atoms with van der Waals surface area (Å²) in [5.41, 5.74) is 0. The van der Waals surface area contributed by atoms with Crippen molar-refractivity contribution in [2.24, 2.45) is 0 Å². The van der Waals surface area contributed by atoms with Crippen molar-refractivity contribution in [2.45, 2.75) is 31.9 Å². The monoisotopic (exact) mass is 288 g/mol. The molecule has 1 fully saturated rings. The van der Waals surface area contributed by atoms with Crippen LogP contribution in [0.3, 0.4) is 0 Å². The highest BCUT2D eigenvalue weighted by atomic mass is 35.5. The van der Waals surface area contributed by atoms with Crippen molar-refractivity contribution in [1.29, 1.82) is 0 Å². The first kappa shape index (κ1) is 13.6. The van der Waals surface area contributed by atoms with Crippen molar-refractivity contribution in [1.82, 2.24) is 10.6 Å². The molecule has 18 heavy (non-hydrogen) atoms. The fourth-order valence-electron chi connectivity index (χ4n) is 1.89. The van der Waals surface area contributed by atoms with Crippen LogP contribution in [0.4, 0.5) is 4.79 Å². The van der Waals surface area contributed by atoms with Crippen LogP contribution in [0.25, 0.3) is 0 Å². The molecule has 0 aromatic carbocycles. The Morgan fingerprint density at radius 1 is 1.67 bits per heavy atom. The van der Waals surface area contributed by atoms with Gasteiger partial charge in [0.15, 0.2) is 0 Å². The van der Waals surface area contributed by atoms with Crippen LogP contribution in [0.2, 0.25) is 4.34 Å². The van der Waals surface area contributed by atoms with Gasteiger partial charge in [0.1, 0.15) is 0 Å². The summed E-state index contributed by atoms with van der Waals surface area (Å²) in [6.45, 7) is 3.32. The highest BCUT2D eigenvalue weighted by Crippen LogP contribution is 2.26. The number of carbonyl (C=O) groups is 1. The predicted octanol–water partition coefficient (Wildman–Crippen LogP) is 2.94. The van der Waals surface area contributed by atoms with Gasteiger partial charge in [-0.25, -0.2) is 4.79 Å². The van der Waals surface area contributed by atoms with Gasteiger partial charge in [-0.2, -0.15) is 0 Å². The standard InChI is InChI=1S/C12H17ClN2O2S/c1-8(10-4-5-11(13)18-10)15-12(16)14-7-9-3-2-6-17-9/h4-5,8-9H,2-3,6-7H2,1H3,(H2,14,15,16). The third-order valence-corrected chi connectivity index (χ3v) is 4.30. The van der Waals surface area contributed by atoms with Gasteiger partial charge in [-0.05, 0) is 31.9 Å². The lowest BCUT2D eigenvalue weighted by molar-refractivity contribution is 0.111. The number of urea groups is 1. The molecule has 0 bridgehead atoms. The fraction of sp³-hybridized carbons (Fsp3) is 0.583. The van der Waals surface area contributed by atoms with Crippen LogP contribution >= 0.6 is 22.9 Å². The normalized spacial score (nSPS) is 20.7. The van der Waals surface area contributed by atoms with Crippen LogP contribution in [0.5, 0.6) is 0 Å². The van der Waals surface area contributed by atoms with Gasteiger partial charge in [0.2, 0.25) is 0 Å². The molecule has 2 rings (SSSR count). The van der Waals surface area contributed by atoms with E-state index in [2.05, 4.69) is 10.6 Å². The summed E-state index contributed by atoms with van der Waals surface area (Å²) in [5, 5.41) is 5.71. The molecule has 1 aromatic heterocycles. The lowest BCUT2D eigenvalue weighted by atomic mass is 10.2. The maximum absolute atomic E-state index is 11.7. The topological polar surface area (TPSA) is 50.4 Å². The molecule has 0 saturated carbocycles. The molecule has 4 nitrogen and oxygen atoms in total. The second-order valence-corrected chi connectivity index (χ2v) is 6.10. The minimum atomic E-state index is -0.164. The van der Waals surface area contributed by atoms with E-state index in [-0.39, 0.29) is 18.2 Å². The molecule has 2 atom stereocenters. The molecule has 1 aromatic rings. The Bertz CT molecular complexity index is 405. The highest BCUT2D eigenvalue weighted by Gasteiger charge is 2.17. The molecule has 1 saturated heterocycles. The SMILES string of the molecule is CC(NC(=O)NCC1CCCO1)c1ccc(Cl)s1. The maximum Gasteiger partial charge on any atom is 0.315 e. The third kappa shape index (κ3) is 3.86. The first-order valence-electron chi connectivity index (χ1n) is 6.06. The van der Waals surface area contributed by atoms with Gasteiger partial charge in [0.05, 0.1) is 16.5 Å². The van der Waals surface area contributed by atoms with E-state index in [0.717, 1.165) is 28.7 Å². The van der Waals surface area contributed by atoms with Crippen molar-refractivity contribution in [2.75, 3.05) is 13.2 Å². The molecule has 0 aliphatic carbocycles. The number of halogens is 1. The summed E-state index contributed by atoms with van der Waals surface area (Å²) >= 11 is 7.34. The Morgan fingerprint density at radius 2 is 2.50 bits per heavy atom. The molecule has 1 aliphatic heterocycles. The van der Waals surface area contributed by atoms with Crippen molar-refractivity contribution < 1.29 is 9.53 Å². The molecule has 2 N–H and O–H groups in total. The zero-order chi connectivity index (χ0) is 13.0. The van der Waals surface area contributed by atoms with Gasteiger partial charge in [0.25, 0.3) is 0 Å². The van der Waals surface area contributed by atoms with E-state index in [1.54, 1.807) is 0 Å². The van der Waals surface area contributed by atoms with E-state index in [9.17, 15) is 4.79 Å². The Hall–Kier alpha value is -0.780. The smallest absolute Gasteiger partial charge is 0.315 e. The predicted molar refractivity (Wildman–Crippen MR) is 73.3 cm³/mol. The molecule has 0 spiro atoms. The second kappa shape index (κ2) is 6.41. The average molecular weight is 289 g/mol. The zero-order valence-corrected chi connectivity index (χ0v) is 11.8. The van der Waals surface area contributed by atoms with Crippen molar-refractivity contribution in [3.63, 3.8) is 0 Å². The van der Waals surface area contributed by atoms with E-state index >= 15 is 0 Å². The summed E-state index contributed by atoms with van der Waals surface area (Å²) in [6.07, 6.45) is 2.27. The largest absolute Gasteiger partial charge is 0.376 e. The average Bonchev–Trinajstić information content (AvgIpc) is 2.97. The third-order valence-electron chi connectivity index (χ3n) is 2.88. The van der Waals surface area contributed by atoms with Crippen molar-refractivity contribution >= 4 is 29.0 Å². The lowest BCUT2D eigenvalue weighted by Gasteiger charge is -2.15. The Kier molecular flexibility index (Phi) is 4.86. The van der Waals surface area contributed by atoms with Crippen LogP contribution < -0.4 is 10.6 Å². The van der Waals surface area contributed by atoms with Crippen LogP contribution in [0.15, 0.2) is 12.1 Å². The minimum Gasteiger partial charge on any atom is -0.376 e. The lowest BCUT2D eigenvalue weighted by Crippen LogP contribution is -2.40. The first-order chi connectivity index (χ1) is 8.65. The number of hydrogen-bond acceptors (Lipinski definition) is 3. The molecule has 2 unspecified atom stereocenters. The number of amides is 2. The quantitative estimate of drug-likeness (QED) is 0.895. The molecule has 1 aliphatic rings. The highest BCUT2D eigenvalue weighted by molar-refractivity contribution is 7.16. The summed E-state index contributed by atoms with van der Waals surface area (Å²) in [7, 11) is 0. The van der Waals surface area contributed by atoms with Crippen molar-refractivity contribution in [3.8, 4) is 0 Å². The maximum atomic E-state index is 11.7. The second-order valence-electron chi connectivity index (χ2n) is 4.35. The molecule has 2 heterocycles. The van der Waals surface area contributed by atoms with Gasteiger partial charge >= 0.3 is 6.03 Å². The molecular weight excluding hydrogens is 272 g/mol. The number of rotatable bonds is 4. The Balaban J connectivity index is 1.73. The number of thiophene rings is 1. The van der Waals surface area contributed by atoms with E-state index in [1.807, 2.05) is 19.1 Å². The molecule has 2 amide bonds.